The van der Waals surface area contributed by atoms with Crippen LogP contribution >= 0.6 is 0 Å². The zero-order valence-electron chi connectivity index (χ0n) is 8.35. The summed E-state index contributed by atoms with van der Waals surface area (Å²) in [6.07, 6.45) is 3.76. The van der Waals surface area contributed by atoms with Gasteiger partial charge in [0.2, 0.25) is 0 Å². The third kappa shape index (κ3) is 4.42. The number of morpholine rings is 1. The summed E-state index contributed by atoms with van der Waals surface area (Å²) >= 11 is 0. The van der Waals surface area contributed by atoms with Crippen LogP contribution in [0.15, 0.2) is 24.9 Å². The number of hydrogen-bond acceptors (Lipinski definition) is 5. The zero-order chi connectivity index (χ0) is 11.1. The Kier molecular flexibility index (Phi) is 4.56. The van der Waals surface area contributed by atoms with E-state index in [1.807, 2.05) is 4.90 Å². The molecule has 0 aliphatic carbocycles. The van der Waals surface area contributed by atoms with Crippen molar-refractivity contribution in [3.05, 3.63) is 24.9 Å². The maximum Gasteiger partial charge on any atom is 0.340 e. The summed E-state index contributed by atoms with van der Waals surface area (Å²) in [5, 5.41) is 0. The highest BCUT2D eigenvalue weighted by atomic mass is 16.6. The van der Waals surface area contributed by atoms with Gasteiger partial charge in [-0.05, 0) is 0 Å². The SMILES string of the molecule is C=CC(=O)OC(=O)C=CN1CCOCC1. The third-order valence-corrected chi connectivity index (χ3v) is 1.83. The Balaban J connectivity index is 2.32. The quantitative estimate of drug-likeness (QED) is 0.376. The molecule has 1 rings (SSSR count). The van der Waals surface area contributed by atoms with Gasteiger partial charge in [0.15, 0.2) is 0 Å². The van der Waals surface area contributed by atoms with Gasteiger partial charge in [-0.15, -0.1) is 0 Å². The molecule has 0 saturated carbocycles. The van der Waals surface area contributed by atoms with Gasteiger partial charge in [0.25, 0.3) is 0 Å². The Morgan fingerprint density at radius 2 is 1.93 bits per heavy atom. The van der Waals surface area contributed by atoms with E-state index in [-0.39, 0.29) is 0 Å². The highest BCUT2D eigenvalue weighted by Crippen LogP contribution is 1.97. The number of esters is 2. The minimum Gasteiger partial charge on any atom is -0.387 e. The minimum atomic E-state index is -0.744. The molecule has 1 aliphatic heterocycles. The van der Waals surface area contributed by atoms with Crippen LogP contribution in [0.5, 0.6) is 0 Å². The second kappa shape index (κ2) is 5.98. The minimum absolute atomic E-state index is 0.644. The fraction of sp³-hybridized carbons (Fsp3) is 0.400. The lowest BCUT2D eigenvalue weighted by molar-refractivity contribution is -0.152. The van der Waals surface area contributed by atoms with Gasteiger partial charge in [0.1, 0.15) is 0 Å². The molecule has 0 amide bonds. The normalized spacial score (nSPS) is 16.4. The molecular formula is C10H13NO4. The first-order chi connectivity index (χ1) is 7.22. The van der Waals surface area contributed by atoms with Gasteiger partial charge in [0, 0.05) is 31.4 Å². The van der Waals surface area contributed by atoms with E-state index in [0.717, 1.165) is 19.2 Å². The third-order valence-electron chi connectivity index (χ3n) is 1.83. The van der Waals surface area contributed by atoms with Crippen LogP contribution in [0.1, 0.15) is 0 Å². The molecule has 0 N–H and O–H groups in total. The van der Waals surface area contributed by atoms with Crippen LogP contribution in [-0.4, -0.2) is 43.1 Å². The molecule has 0 aromatic heterocycles. The standard InChI is InChI=1S/C10H13NO4/c1-2-9(12)15-10(13)3-4-11-5-7-14-8-6-11/h2-4H,1,5-8H2. The highest BCUT2D eigenvalue weighted by molar-refractivity contribution is 5.96. The zero-order valence-corrected chi connectivity index (χ0v) is 8.35. The predicted molar refractivity (Wildman–Crippen MR) is 52.8 cm³/mol. The van der Waals surface area contributed by atoms with Crippen molar-refractivity contribution in [2.45, 2.75) is 0 Å². The Morgan fingerprint density at radius 1 is 1.27 bits per heavy atom. The van der Waals surface area contributed by atoms with Crippen molar-refractivity contribution >= 4 is 11.9 Å². The molecule has 0 radical (unpaired) electrons. The molecule has 0 spiro atoms. The van der Waals surface area contributed by atoms with E-state index in [2.05, 4.69) is 11.3 Å². The number of nitrogens with zero attached hydrogens (tertiary/aromatic N) is 1. The monoisotopic (exact) mass is 211 g/mol. The summed E-state index contributed by atoms with van der Waals surface area (Å²) in [5.74, 6) is -1.43. The fourth-order valence-corrected chi connectivity index (χ4v) is 1.07. The van der Waals surface area contributed by atoms with Crippen LogP contribution in [0.3, 0.4) is 0 Å². The van der Waals surface area contributed by atoms with Crippen LogP contribution in [0.25, 0.3) is 0 Å². The van der Waals surface area contributed by atoms with Gasteiger partial charge >= 0.3 is 11.9 Å². The molecule has 0 unspecified atom stereocenters. The number of rotatable bonds is 3. The molecule has 1 heterocycles. The summed E-state index contributed by atoms with van der Waals surface area (Å²) in [5.41, 5.74) is 0. The average Bonchev–Trinajstić information content (AvgIpc) is 2.27. The van der Waals surface area contributed by atoms with E-state index >= 15 is 0 Å². The number of carbonyl (C=O) groups is 2. The first-order valence-electron chi connectivity index (χ1n) is 4.60. The van der Waals surface area contributed by atoms with Crippen molar-refractivity contribution in [3.8, 4) is 0 Å². The molecule has 1 aliphatic rings. The van der Waals surface area contributed by atoms with Gasteiger partial charge < -0.3 is 14.4 Å². The van der Waals surface area contributed by atoms with Crippen molar-refractivity contribution in [1.29, 1.82) is 0 Å². The van der Waals surface area contributed by atoms with E-state index < -0.39 is 11.9 Å². The van der Waals surface area contributed by atoms with Crippen LogP contribution in [0.2, 0.25) is 0 Å². The Hall–Kier alpha value is -1.62. The molecular weight excluding hydrogens is 198 g/mol. The second-order valence-electron chi connectivity index (χ2n) is 2.91. The lowest BCUT2D eigenvalue weighted by atomic mass is 10.4. The van der Waals surface area contributed by atoms with E-state index in [1.165, 1.54) is 6.08 Å². The summed E-state index contributed by atoms with van der Waals surface area (Å²) < 4.78 is 9.48. The maximum absolute atomic E-state index is 11.0. The Morgan fingerprint density at radius 3 is 2.53 bits per heavy atom. The molecule has 0 bridgehead atoms. The van der Waals surface area contributed by atoms with Gasteiger partial charge in [-0.2, -0.15) is 0 Å². The molecule has 1 saturated heterocycles. The van der Waals surface area contributed by atoms with Crippen LogP contribution in [-0.2, 0) is 19.1 Å². The lowest BCUT2D eigenvalue weighted by Crippen LogP contribution is -2.32. The first kappa shape index (κ1) is 11.5. The summed E-state index contributed by atoms with van der Waals surface area (Å²) in [4.78, 5) is 23.6. The van der Waals surface area contributed by atoms with E-state index in [1.54, 1.807) is 6.20 Å². The molecule has 0 aromatic carbocycles. The number of hydrogen-bond donors (Lipinski definition) is 0. The summed E-state index contributed by atoms with van der Waals surface area (Å²) in [6.45, 7) is 5.94. The topological polar surface area (TPSA) is 55.8 Å². The van der Waals surface area contributed by atoms with E-state index in [4.69, 9.17) is 4.74 Å². The fourth-order valence-electron chi connectivity index (χ4n) is 1.07. The van der Waals surface area contributed by atoms with Crippen LogP contribution < -0.4 is 0 Å². The molecule has 5 nitrogen and oxygen atoms in total. The van der Waals surface area contributed by atoms with E-state index in [0.29, 0.717) is 13.2 Å². The van der Waals surface area contributed by atoms with Crippen LogP contribution in [0, 0.1) is 0 Å². The molecule has 1 fully saturated rings. The highest BCUT2D eigenvalue weighted by Gasteiger charge is 2.07. The van der Waals surface area contributed by atoms with Crippen LogP contribution in [0.4, 0.5) is 0 Å². The average molecular weight is 211 g/mol. The van der Waals surface area contributed by atoms with Crippen molar-refractivity contribution in [1.82, 2.24) is 4.90 Å². The van der Waals surface area contributed by atoms with Gasteiger partial charge in [-0.25, -0.2) is 9.59 Å². The van der Waals surface area contributed by atoms with Crippen molar-refractivity contribution in [3.63, 3.8) is 0 Å². The van der Waals surface area contributed by atoms with Gasteiger partial charge in [-0.1, -0.05) is 6.58 Å². The lowest BCUT2D eigenvalue weighted by Gasteiger charge is -2.24. The summed E-state index contributed by atoms with van der Waals surface area (Å²) in [7, 11) is 0. The second-order valence-corrected chi connectivity index (χ2v) is 2.91. The summed E-state index contributed by atoms with van der Waals surface area (Å²) in [6, 6.07) is 0. The van der Waals surface area contributed by atoms with E-state index in [9.17, 15) is 9.59 Å². The molecule has 5 heteroatoms. The Bertz CT molecular complexity index is 279. The first-order valence-corrected chi connectivity index (χ1v) is 4.60. The number of ether oxygens (including phenoxy) is 2. The number of carbonyl (C=O) groups excluding carboxylic acids is 2. The van der Waals surface area contributed by atoms with Crippen molar-refractivity contribution < 1.29 is 19.1 Å². The van der Waals surface area contributed by atoms with Gasteiger partial charge in [0.05, 0.1) is 13.2 Å². The molecule has 82 valence electrons. The van der Waals surface area contributed by atoms with Crippen molar-refractivity contribution in [2.75, 3.05) is 26.3 Å². The maximum atomic E-state index is 11.0. The Labute approximate surface area is 87.9 Å². The molecule has 0 aromatic rings. The largest absolute Gasteiger partial charge is 0.387 e. The smallest absolute Gasteiger partial charge is 0.340 e. The molecule has 0 atom stereocenters. The van der Waals surface area contributed by atoms with Crippen molar-refractivity contribution in [2.24, 2.45) is 0 Å². The molecule has 15 heavy (non-hydrogen) atoms. The predicted octanol–water partition coefficient (Wildman–Crippen LogP) is 0.0881. The van der Waals surface area contributed by atoms with Gasteiger partial charge in [-0.3, -0.25) is 0 Å².